The number of carbonyl (C=O) groups excluding carboxylic acids is 1. The largest absolute Gasteiger partial charge is 0.497 e. The zero-order valence-electron chi connectivity index (χ0n) is 7.82. The van der Waals surface area contributed by atoms with E-state index in [9.17, 15) is 9.90 Å². The molecule has 0 radical (unpaired) electrons. The number of aliphatic hydroxyl groups is 1. The first-order valence-electron chi connectivity index (χ1n) is 4.31. The monoisotopic (exact) mass is 186 g/mol. The highest BCUT2D eigenvalue weighted by Gasteiger charge is 2.28. The molecule has 0 aromatic carbocycles. The van der Waals surface area contributed by atoms with E-state index in [2.05, 4.69) is 0 Å². The molecule has 13 heavy (non-hydrogen) atoms. The molecule has 1 aliphatic heterocycles. The second-order valence-corrected chi connectivity index (χ2v) is 2.97. The van der Waals surface area contributed by atoms with Crippen molar-refractivity contribution in [3.8, 4) is 0 Å². The molecule has 4 nitrogen and oxygen atoms in total. The van der Waals surface area contributed by atoms with Gasteiger partial charge in [0.1, 0.15) is 5.76 Å². The number of rotatable bonds is 4. The summed E-state index contributed by atoms with van der Waals surface area (Å²) in [6.45, 7) is 1.87. The van der Waals surface area contributed by atoms with Gasteiger partial charge < -0.3 is 14.6 Å². The lowest BCUT2D eigenvalue weighted by Crippen LogP contribution is -2.20. The fourth-order valence-electron chi connectivity index (χ4n) is 1.21. The smallest absolute Gasteiger partial charge is 0.335 e. The van der Waals surface area contributed by atoms with Crippen molar-refractivity contribution < 1.29 is 19.4 Å². The molecule has 0 spiro atoms. The molecule has 1 rings (SSSR count). The van der Waals surface area contributed by atoms with Gasteiger partial charge in [0.05, 0.1) is 19.3 Å². The lowest BCUT2D eigenvalue weighted by atomic mass is 10.1. The fraction of sp³-hybridized carbons (Fsp3) is 0.667. The maximum atomic E-state index is 10.8. The Morgan fingerprint density at radius 2 is 2.46 bits per heavy atom. The number of ether oxygens (including phenoxy) is 2. The Morgan fingerprint density at radius 1 is 1.77 bits per heavy atom. The quantitative estimate of drug-likeness (QED) is 0.653. The van der Waals surface area contributed by atoms with E-state index in [0.717, 1.165) is 0 Å². The molecule has 1 heterocycles. The number of aliphatic hydroxyl groups excluding tert-OH is 1. The van der Waals surface area contributed by atoms with Crippen LogP contribution in [0, 0.1) is 0 Å². The molecule has 0 fully saturated rings. The van der Waals surface area contributed by atoms with Gasteiger partial charge in [-0.1, -0.05) is 6.92 Å². The number of esters is 1. The van der Waals surface area contributed by atoms with Gasteiger partial charge in [0, 0.05) is 6.42 Å². The van der Waals surface area contributed by atoms with Crippen LogP contribution in [0.3, 0.4) is 0 Å². The minimum absolute atomic E-state index is 0.398. The summed E-state index contributed by atoms with van der Waals surface area (Å²) in [7, 11) is 1.49. The Bertz CT molecular complexity index is 222. The van der Waals surface area contributed by atoms with Gasteiger partial charge in [-0.3, -0.25) is 0 Å². The molecular weight excluding hydrogens is 172 g/mol. The number of hydrogen-bond acceptors (Lipinski definition) is 4. The van der Waals surface area contributed by atoms with E-state index in [1.165, 1.54) is 13.2 Å². The summed E-state index contributed by atoms with van der Waals surface area (Å²) >= 11 is 0. The molecule has 0 saturated heterocycles. The van der Waals surface area contributed by atoms with Crippen LogP contribution in [0.25, 0.3) is 0 Å². The van der Waals surface area contributed by atoms with Crippen LogP contribution in [-0.2, 0) is 14.3 Å². The predicted octanol–water partition coefficient (Wildman–Crippen LogP) is 0.603. The minimum Gasteiger partial charge on any atom is -0.497 e. The number of carbonyl (C=O) groups is 1. The van der Waals surface area contributed by atoms with Gasteiger partial charge >= 0.3 is 5.97 Å². The van der Waals surface area contributed by atoms with E-state index in [1.807, 2.05) is 6.92 Å². The highest BCUT2D eigenvalue weighted by Crippen LogP contribution is 2.21. The van der Waals surface area contributed by atoms with E-state index in [4.69, 9.17) is 9.47 Å². The molecular formula is C9H14O4. The van der Waals surface area contributed by atoms with E-state index in [-0.39, 0.29) is 0 Å². The lowest BCUT2D eigenvalue weighted by molar-refractivity contribution is -0.140. The van der Waals surface area contributed by atoms with Gasteiger partial charge in [-0.15, -0.1) is 0 Å². The van der Waals surface area contributed by atoms with Crippen LogP contribution in [0.4, 0.5) is 0 Å². The molecule has 2 atom stereocenters. The van der Waals surface area contributed by atoms with Crippen molar-refractivity contribution in [2.45, 2.75) is 32.0 Å². The summed E-state index contributed by atoms with van der Waals surface area (Å²) in [4.78, 5) is 10.8. The first kappa shape index (κ1) is 10.1. The van der Waals surface area contributed by atoms with Crippen LogP contribution in [0.1, 0.15) is 19.8 Å². The van der Waals surface area contributed by atoms with E-state index < -0.39 is 18.2 Å². The van der Waals surface area contributed by atoms with Crippen LogP contribution in [-0.4, -0.2) is 30.4 Å². The van der Waals surface area contributed by atoms with E-state index in [0.29, 0.717) is 18.6 Å². The van der Waals surface area contributed by atoms with Gasteiger partial charge in [-0.25, -0.2) is 4.79 Å². The third-order valence-corrected chi connectivity index (χ3v) is 2.03. The van der Waals surface area contributed by atoms with Gasteiger partial charge in [-0.05, 0) is 6.42 Å². The van der Waals surface area contributed by atoms with E-state index >= 15 is 0 Å². The molecule has 0 amide bonds. The van der Waals surface area contributed by atoms with Gasteiger partial charge in [-0.2, -0.15) is 0 Å². The Morgan fingerprint density at radius 3 is 3.00 bits per heavy atom. The van der Waals surface area contributed by atoms with Crippen molar-refractivity contribution in [1.82, 2.24) is 0 Å². The van der Waals surface area contributed by atoms with Gasteiger partial charge in [0.25, 0.3) is 0 Å². The molecule has 0 aliphatic carbocycles. The number of cyclic esters (lactones) is 1. The average molecular weight is 186 g/mol. The Balaban J connectivity index is 2.52. The zero-order valence-corrected chi connectivity index (χ0v) is 7.82. The second-order valence-electron chi connectivity index (χ2n) is 2.97. The minimum atomic E-state index is -0.450. The first-order valence-corrected chi connectivity index (χ1v) is 4.31. The summed E-state index contributed by atoms with van der Waals surface area (Å²) in [5.41, 5.74) is 0. The number of hydrogen-bond donors (Lipinski definition) is 1. The molecule has 2 unspecified atom stereocenters. The van der Waals surface area contributed by atoms with Crippen LogP contribution >= 0.6 is 0 Å². The molecule has 1 aliphatic rings. The molecule has 0 bridgehead atoms. The fourth-order valence-corrected chi connectivity index (χ4v) is 1.21. The molecule has 0 aromatic rings. The maximum Gasteiger partial charge on any atom is 0.335 e. The summed E-state index contributed by atoms with van der Waals surface area (Å²) in [5.74, 6) is 0.0997. The SMILES string of the molecule is CCC(O)CC1OC(=O)C=C1OC. The highest BCUT2D eigenvalue weighted by molar-refractivity contribution is 5.85. The van der Waals surface area contributed by atoms with Crippen molar-refractivity contribution in [1.29, 1.82) is 0 Å². The molecule has 1 N–H and O–H groups in total. The molecule has 4 heteroatoms. The van der Waals surface area contributed by atoms with Crippen LogP contribution in [0.5, 0.6) is 0 Å². The maximum absolute atomic E-state index is 10.8. The molecule has 0 saturated carbocycles. The Labute approximate surface area is 77.1 Å². The van der Waals surface area contributed by atoms with Crippen molar-refractivity contribution >= 4 is 5.97 Å². The van der Waals surface area contributed by atoms with Gasteiger partial charge in [0.2, 0.25) is 0 Å². The van der Waals surface area contributed by atoms with Gasteiger partial charge in [0.15, 0.2) is 6.10 Å². The van der Waals surface area contributed by atoms with Crippen molar-refractivity contribution in [3.63, 3.8) is 0 Å². The highest BCUT2D eigenvalue weighted by atomic mass is 16.6. The van der Waals surface area contributed by atoms with Crippen molar-refractivity contribution in [3.05, 3.63) is 11.8 Å². The lowest BCUT2D eigenvalue weighted by Gasteiger charge is -2.15. The summed E-state index contributed by atoms with van der Waals surface area (Å²) < 4.78 is 9.86. The third-order valence-electron chi connectivity index (χ3n) is 2.03. The van der Waals surface area contributed by atoms with Crippen molar-refractivity contribution in [2.24, 2.45) is 0 Å². The molecule has 0 aromatic heterocycles. The van der Waals surface area contributed by atoms with Crippen LogP contribution < -0.4 is 0 Å². The Hall–Kier alpha value is -1.03. The normalized spacial score (nSPS) is 23.8. The molecule has 74 valence electrons. The summed E-state index contributed by atoms with van der Waals surface area (Å²) in [6, 6.07) is 0. The van der Waals surface area contributed by atoms with E-state index in [1.54, 1.807) is 0 Å². The topological polar surface area (TPSA) is 55.8 Å². The summed E-state index contributed by atoms with van der Waals surface area (Å²) in [5, 5.41) is 9.34. The second kappa shape index (κ2) is 4.28. The van der Waals surface area contributed by atoms with Crippen LogP contribution in [0.15, 0.2) is 11.8 Å². The Kier molecular flexibility index (Phi) is 3.31. The average Bonchev–Trinajstić information content (AvgIpc) is 2.46. The van der Waals surface area contributed by atoms with Crippen molar-refractivity contribution in [2.75, 3.05) is 7.11 Å². The predicted molar refractivity (Wildman–Crippen MR) is 45.9 cm³/mol. The van der Waals surface area contributed by atoms with Crippen LogP contribution in [0.2, 0.25) is 0 Å². The number of methoxy groups -OCH3 is 1. The third kappa shape index (κ3) is 2.45. The zero-order chi connectivity index (χ0) is 9.84. The first-order chi connectivity index (χ1) is 6.17. The summed E-state index contributed by atoms with van der Waals surface area (Å²) in [6.07, 6.45) is 1.50. The standard InChI is InChI=1S/C9H14O4/c1-3-6(10)4-8-7(12-2)5-9(11)13-8/h5-6,8,10H,3-4H2,1-2H3.